The van der Waals surface area contributed by atoms with E-state index in [4.69, 9.17) is 0 Å². The molecule has 1 aliphatic rings. The van der Waals surface area contributed by atoms with Crippen LogP contribution in [0.4, 0.5) is 0 Å². The molecule has 3 nitrogen and oxygen atoms in total. The van der Waals surface area contributed by atoms with Gasteiger partial charge in [-0.15, -0.1) is 23.1 Å². The molecule has 0 spiro atoms. The van der Waals surface area contributed by atoms with Gasteiger partial charge in [-0.3, -0.25) is 4.79 Å². The summed E-state index contributed by atoms with van der Waals surface area (Å²) in [5.74, 6) is 1.45. The van der Waals surface area contributed by atoms with Crippen LogP contribution in [-0.4, -0.2) is 16.9 Å². The van der Waals surface area contributed by atoms with Crippen molar-refractivity contribution in [2.45, 2.75) is 55.2 Å². The molecule has 0 atom stereocenters. The summed E-state index contributed by atoms with van der Waals surface area (Å²) in [7, 11) is 0. The summed E-state index contributed by atoms with van der Waals surface area (Å²) in [4.78, 5) is 18.5. The van der Waals surface area contributed by atoms with Gasteiger partial charge in [0.1, 0.15) is 0 Å². The van der Waals surface area contributed by atoms with E-state index in [9.17, 15) is 4.79 Å². The number of nitrogens with zero attached hydrogens (tertiary/aromatic N) is 1. The first-order valence-electron chi connectivity index (χ1n) is 10.2. The lowest BCUT2D eigenvalue weighted by Crippen LogP contribution is -2.37. The molecule has 0 aliphatic heterocycles. The van der Waals surface area contributed by atoms with Gasteiger partial charge in [0.2, 0.25) is 0 Å². The topological polar surface area (TPSA) is 42.0 Å². The van der Waals surface area contributed by atoms with Crippen LogP contribution in [-0.2, 0) is 5.75 Å². The second-order valence-corrected chi connectivity index (χ2v) is 9.65. The first-order chi connectivity index (χ1) is 14.2. The van der Waals surface area contributed by atoms with E-state index in [0.717, 1.165) is 52.6 Å². The van der Waals surface area contributed by atoms with Crippen LogP contribution in [0.3, 0.4) is 0 Å². The van der Waals surface area contributed by atoms with Gasteiger partial charge < -0.3 is 5.32 Å². The monoisotopic (exact) mass is 422 g/mol. The number of aryl methyl sites for hydroxylation is 1. The molecular weight excluding hydrogens is 396 g/mol. The van der Waals surface area contributed by atoms with E-state index in [0.29, 0.717) is 5.92 Å². The van der Waals surface area contributed by atoms with E-state index in [1.807, 2.05) is 31.2 Å². The summed E-state index contributed by atoms with van der Waals surface area (Å²) in [6.45, 7) is 2.02. The van der Waals surface area contributed by atoms with Crippen molar-refractivity contribution in [3.05, 3.63) is 81.8 Å². The maximum absolute atomic E-state index is 13.0. The molecule has 0 bridgehead atoms. The summed E-state index contributed by atoms with van der Waals surface area (Å²) in [5.41, 5.74) is 3.28. The Morgan fingerprint density at radius 3 is 2.52 bits per heavy atom. The number of nitrogens with one attached hydrogen (secondary N) is 1. The second-order valence-electron chi connectivity index (χ2n) is 7.58. The van der Waals surface area contributed by atoms with Crippen molar-refractivity contribution in [1.82, 2.24) is 10.3 Å². The van der Waals surface area contributed by atoms with Crippen LogP contribution < -0.4 is 5.32 Å². The quantitative estimate of drug-likeness (QED) is 0.481. The minimum atomic E-state index is 0.0470. The Hall–Kier alpha value is -2.11. The van der Waals surface area contributed by atoms with Crippen molar-refractivity contribution in [2.24, 2.45) is 0 Å². The van der Waals surface area contributed by atoms with Gasteiger partial charge in [0, 0.05) is 22.1 Å². The molecular formula is C24H26N2OS2. The molecule has 1 fully saturated rings. The first kappa shape index (κ1) is 20.2. The Balaban J connectivity index is 1.34. The minimum absolute atomic E-state index is 0.0470. The lowest BCUT2D eigenvalue weighted by Gasteiger charge is -2.29. The molecule has 3 aromatic rings. The van der Waals surface area contributed by atoms with Gasteiger partial charge in [-0.05, 0) is 56.2 Å². The number of amides is 1. The highest BCUT2D eigenvalue weighted by Crippen LogP contribution is 2.33. The molecule has 1 N–H and O–H groups in total. The largest absolute Gasteiger partial charge is 0.349 e. The van der Waals surface area contributed by atoms with Gasteiger partial charge in [0.05, 0.1) is 16.3 Å². The zero-order valence-corrected chi connectivity index (χ0v) is 18.3. The fourth-order valence-corrected chi connectivity index (χ4v) is 5.63. The van der Waals surface area contributed by atoms with Gasteiger partial charge in [-0.25, -0.2) is 4.98 Å². The smallest absolute Gasteiger partial charge is 0.252 e. The van der Waals surface area contributed by atoms with Crippen LogP contribution >= 0.6 is 23.1 Å². The van der Waals surface area contributed by atoms with Crippen molar-refractivity contribution in [2.75, 3.05) is 0 Å². The third-order valence-electron chi connectivity index (χ3n) is 5.51. The maximum Gasteiger partial charge on any atom is 0.252 e. The van der Waals surface area contributed by atoms with Crippen molar-refractivity contribution >= 4 is 29.0 Å². The summed E-state index contributed by atoms with van der Waals surface area (Å²) in [6.07, 6.45) is 4.35. The average molecular weight is 423 g/mol. The fraction of sp³-hybridized carbons (Fsp3) is 0.333. The summed E-state index contributed by atoms with van der Waals surface area (Å²) in [5, 5.41) is 6.46. The standard InChI is InChI=1S/C24H26N2OS2/c1-17-25-21(15-28-17)16-29-23-10-6-5-9-22(23)24(27)26-20-13-11-19(12-14-20)18-7-3-2-4-8-18/h2-10,15,19-20H,11-14,16H2,1H3,(H,26,27). The number of aromatic nitrogens is 1. The molecule has 1 aromatic heterocycles. The molecule has 1 saturated carbocycles. The van der Waals surface area contributed by atoms with Crippen molar-refractivity contribution in [3.8, 4) is 0 Å². The highest BCUT2D eigenvalue weighted by molar-refractivity contribution is 7.98. The lowest BCUT2D eigenvalue weighted by atomic mass is 9.82. The zero-order chi connectivity index (χ0) is 20.1. The van der Waals surface area contributed by atoms with Crippen molar-refractivity contribution in [3.63, 3.8) is 0 Å². The van der Waals surface area contributed by atoms with Gasteiger partial charge in [-0.2, -0.15) is 0 Å². The third kappa shape index (κ3) is 5.28. The second kappa shape index (κ2) is 9.59. The highest BCUT2D eigenvalue weighted by atomic mass is 32.2. The Labute approximate surface area is 181 Å². The minimum Gasteiger partial charge on any atom is -0.349 e. The number of rotatable bonds is 6. The number of thiazole rings is 1. The number of hydrogen-bond acceptors (Lipinski definition) is 4. The molecule has 29 heavy (non-hydrogen) atoms. The summed E-state index contributed by atoms with van der Waals surface area (Å²) < 4.78 is 0. The Kier molecular flexibility index (Phi) is 6.67. The Bertz CT molecular complexity index is 946. The number of hydrogen-bond donors (Lipinski definition) is 1. The highest BCUT2D eigenvalue weighted by Gasteiger charge is 2.24. The van der Waals surface area contributed by atoms with E-state index in [2.05, 4.69) is 46.0 Å². The van der Waals surface area contributed by atoms with Crippen molar-refractivity contribution < 1.29 is 4.79 Å². The molecule has 150 valence electrons. The van der Waals surface area contributed by atoms with E-state index in [-0.39, 0.29) is 11.9 Å². The van der Waals surface area contributed by atoms with E-state index in [1.165, 1.54) is 5.56 Å². The molecule has 1 heterocycles. The normalized spacial score (nSPS) is 19.1. The number of benzene rings is 2. The maximum atomic E-state index is 13.0. The molecule has 5 heteroatoms. The molecule has 1 amide bonds. The number of carbonyl (C=O) groups excluding carboxylic acids is 1. The van der Waals surface area contributed by atoms with E-state index in [1.54, 1.807) is 23.1 Å². The predicted molar refractivity (Wildman–Crippen MR) is 122 cm³/mol. The van der Waals surface area contributed by atoms with Crippen LogP contribution in [0.1, 0.15) is 58.2 Å². The fourth-order valence-electron chi connectivity index (χ4n) is 3.97. The molecule has 0 radical (unpaired) electrons. The van der Waals surface area contributed by atoms with Gasteiger partial charge >= 0.3 is 0 Å². The SMILES string of the molecule is Cc1nc(CSc2ccccc2C(=O)NC2CCC(c3ccccc3)CC2)cs1. The third-order valence-corrected chi connectivity index (χ3v) is 7.44. The summed E-state index contributed by atoms with van der Waals surface area (Å²) in [6, 6.07) is 18.9. The predicted octanol–water partition coefficient (Wildman–Crippen LogP) is 6.20. The van der Waals surface area contributed by atoms with Crippen LogP contribution in [0.2, 0.25) is 0 Å². The molecule has 0 unspecified atom stereocenters. The van der Waals surface area contributed by atoms with Gasteiger partial charge in [0.15, 0.2) is 0 Å². The summed E-state index contributed by atoms with van der Waals surface area (Å²) >= 11 is 3.35. The van der Waals surface area contributed by atoms with Crippen LogP contribution in [0.25, 0.3) is 0 Å². The number of thioether (sulfide) groups is 1. The molecule has 0 saturated heterocycles. The average Bonchev–Trinajstić information content (AvgIpc) is 3.19. The van der Waals surface area contributed by atoms with Crippen LogP contribution in [0.15, 0.2) is 64.9 Å². The van der Waals surface area contributed by atoms with Gasteiger partial charge in [-0.1, -0.05) is 42.5 Å². The van der Waals surface area contributed by atoms with E-state index < -0.39 is 0 Å². The van der Waals surface area contributed by atoms with Crippen molar-refractivity contribution in [1.29, 1.82) is 0 Å². The Morgan fingerprint density at radius 2 is 1.79 bits per heavy atom. The van der Waals surface area contributed by atoms with Gasteiger partial charge in [0.25, 0.3) is 5.91 Å². The zero-order valence-electron chi connectivity index (χ0n) is 16.6. The molecule has 4 rings (SSSR count). The molecule has 2 aromatic carbocycles. The van der Waals surface area contributed by atoms with E-state index >= 15 is 0 Å². The van der Waals surface area contributed by atoms with Crippen LogP contribution in [0.5, 0.6) is 0 Å². The molecule has 1 aliphatic carbocycles. The first-order valence-corrected chi connectivity index (χ1v) is 12.0. The van der Waals surface area contributed by atoms with Crippen LogP contribution in [0, 0.1) is 6.92 Å². The number of carbonyl (C=O) groups is 1. The Morgan fingerprint density at radius 1 is 1.07 bits per heavy atom. The lowest BCUT2D eigenvalue weighted by molar-refractivity contribution is 0.0923.